The van der Waals surface area contributed by atoms with Gasteiger partial charge < -0.3 is 4.74 Å². The Balaban J connectivity index is 1.49. The summed E-state index contributed by atoms with van der Waals surface area (Å²) >= 11 is 3.64. The maximum atomic E-state index is 5.35. The van der Waals surface area contributed by atoms with Crippen molar-refractivity contribution < 1.29 is 4.74 Å². The summed E-state index contributed by atoms with van der Waals surface area (Å²) in [5.41, 5.74) is 5.07. The van der Waals surface area contributed by atoms with Gasteiger partial charge in [0.2, 0.25) is 0 Å². The largest absolute Gasteiger partial charge is 0.379 e. The Bertz CT molecular complexity index is 401. The molecule has 1 saturated heterocycles. The van der Waals surface area contributed by atoms with Crippen molar-refractivity contribution in [2.45, 2.75) is 24.8 Å². The van der Waals surface area contributed by atoms with Crippen LogP contribution in [0.3, 0.4) is 0 Å². The zero-order valence-corrected chi connectivity index (χ0v) is 12.0. The van der Waals surface area contributed by atoms with Crippen LogP contribution in [0.1, 0.15) is 24.3 Å². The van der Waals surface area contributed by atoms with Gasteiger partial charge in [0.05, 0.1) is 13.2 Å². The van der Waals surface area contributed by atoms with Gasteiger partial charge in [-0.05, 0) is 30.4 Å². The van der Waals surface area contributed by atoms with E-state index in [1.165, 1.54) is 22.9 Å². The van der Waals surface area contributed by atoms with Gasteiger partial charge in [-0.2, -0.15) is 0 Å². The molecule has 0 bridgehead atoms. The molecule has 0 unspecified atom stereocenters. The number of nitrogens with one attached hydrogen (secondary N) is 1. The summed E-state index contributed by atoms with van der Waals surface area (Å²) in [7, 11) is 0. The molecule has 0 spiro atoms. The van der Waals surface area contributed by atoms with Crippen LogP contribution in [0.2, 0.25) is 0 Å². The summed E-state index contributed by atoms with van der Waals surface area (Å²) in [5, 5.41) is 2.31. The van der Waals surface area contributed by atoms with Gasteiger partial charge in [0, 0.05) is 23.6 Å². The fraction of sp³-hybridized carbons (Fsp3) is 0.571. The molecule has 0 radical (unpaired) electrons. The quantitative estimate of drug-likeness (QED) is 0.928. The number of hydrogen-bond donors (Lipinski definition) is 1. The van der Waals surface area contributed by atoms with Gasteiger partial charge in [0.1, 0.15) is 0 Å². The number of hydrogen-bond acceptors (Lipinski definition) is 3. The van der Waals surface area contributed by atoms with Crippen molar-refractivity contribution in [2.75, 3.05) is 26.3 Å². The molecule has 2 fully saturated rings. The minimum absolute atomic E-state index is 0.639. The van der Waals surface area contributed by atoms with Gasteiger partial charge in [-0.15, -0.1) is 0 Å². The molecule has 0 amide bonds. The number of benzene rings is 1. The Morgan fingerprint density at radius 3 is 2.61 bits per heavy atom. The Labute approximate surface area is 117 Å². The number of hydrazine groups is 1. The predicted octanol–water partition coefficient (Wildman–Crippen LogP) is 2.53. The standard InChI is InChI=1S/C14H19BrN2O/c15-14-4-2-1-3-13(14)11-9-12(10-11)16-17-5-7-18-8-6-17/h1-4,11-12,16H,5-10H2. The molecule has 1 aromatic rings. The highest BCUT2D eigenvalue weighted by molar-refractivity contribution is 9.10. The van der Waals surface area contributed by atoms with Crippen LogP contribution in [-0.4, -0.2) is 37.4 Å². The van der Waals surface area contributed by atoms with E-state index in [4.69, 9.17) is 4.74 Å². The molecule has 0 atom stereocenters. The molecule has 18 heavy (non-hydrogen) atoms. The second-order valence-corrected chi connectivity index (χ2v) is 5.97. The van der Waals surface area contributed by atoms with E-state index in [1.54, 1.807) is 0 Å². The van der Waals surface area contributed by atoms with E-state index >= 15 is 0 Å². The molecule has 1 heterocycles. The molecular weight excluding hydrogens is 292 g/mol. The first-order valence-corrected chi connectivity index (χ1v) is 7.45. The van der Waals surface area contributed by atoms with Crippen molar-refractivity contribution in [2.24, 2.45) is 0 Å². The molecule has 1 saturated carbocycles. The second-order valence-electron chi connectivity index (χ2n) is 5.12. The van der Waals surface area contributed by atoms with Crippen LogP contribution in [0.4, 0.5) is 0 Å². The van der Waals surface area contributed by atoms with Crippen molar-refractivity contribution in [1.29, 1.82) is 0 Å². The molecular formula is C14H19BrN2O. The third-order valence-corrected chi connectivity index (χ3v) is 4.58. The third-order valence-electron chi connectivity index (χ3n) is 3.86. The van der Waals surface area contributed by atoms with Gasteiger partial charge in [-0.3, -0.25) is 5.43 Å². The summed E-state index contributed by atoms with van der Waals surface area (Å²) in [6.45, 7) is 3.73. The Kier molecular flexibility index (Phi) is 3.99. The maximum Gasteiger partial charge on any atom is 0.0608 e. The first-order chi connectivity index (χ1) is 8.83. The van der Waals surface area contributed by atoms with E-state index in [-0.39, 0.29) is 0 Å². The monoisotopic (exact) mass is 310 g/mol. The molecule has 4 heteroatoms. The van der Waals surface area contributed by atoms with Gasteiger partial charge in [-0.25, -0.2) is 5.01 Å². The molecule has 98 valence electrons. The first kappa shape index (κ1) is 12.6. The summed E-state index contributed by atoms with van der Waals surface area (Å²) in [4.78, 5) is 0. The highest BCUT2D eigenvalue weighted by Gasteiger charge is 2.32. The number of morpholine rings is 1. The lowest BCUT2D eigenvalue weighted by molar-refractivity contribution is -0.00622. The van der Waals surface area contributed by atoms with E-state index in [2.05, 4.69) is 50.6 Å². The lowest BCUT2D eigenvalue weighted by Crippen LogP contribution is -2.53. The van der Waals surface area contributed by atoms with Crippen LogP contribution in [0, 0.1) is 0 Å². The zero-order chi connectivity index (χ0) is 12.4. The SMILES string of the molecule is Brc1ccccc1C1CC(NN2CCOCC2)C1. The van der Waals surface area contributed by atoms with Crippen LogP contribution in [0.15, 0.2) is 28.7 Å². The van der Waals surface area contributed by atoms with E-state index in [0.29, 0.717) is 12.0 Å². The smallest absolute Gasteiger partial charge is 0.0608 e. The average Bonchev–Trinajstić information content (AvgIpc) is 2.36. The van der Waals surface area contributed by atoms with Crippen molar-refractivity contribution >= 4 is 15.9 Å². The molecule has 0 aromatic heterocycles. The van der Waals surface area contributed by atoms with Crippen molar-refractivity contribution in [3.05, 3.63) is 34.3 Å². The van der Waals surface area contributed by atoms with Crippen LogP contribution >= 0.6 is 15.9 Å². The van der Waals surface area contributed by atoms with E-state index in [9.17, 15) is 0 Å². The van der Waals surface area contributed by atoms with Crippen molar-refractivity contribution in [1.82, 2.24) is 10.4 Å². The van der Waals surface area contributed by atoms with E-state index < -0.39 is 0 Å². The molecule has 1 aliphatic heterocycles. The minimum Gasteiger partial charge on any atom is -0.379 e. The molecule has 3 rings (SSSR count). The number of nitrogens with zero attached hydrogens (tertiary/aromatic N) is 1. The normalized spacial score (nSPS) is 28.9. The van der Waals surface area contributed by atoms with E-state index in [1.807, 2.05) is 0 Å². The number of halogens is 1. The average molecular weight is 311 g/mol. The first-order valence-electron chi connectivity index (χ1n) is 6.66. The second kappa shape index (κ2) is 5.70. The Hall–Kier alpha value is -0.420. The molecule has 1 aromatic carbocycles. The van der Waals surface area contributed by atoms with Crippen LogP contribution in [0.25, 0.3) is 0 Å². The molecule has 1 N–H and O–H groups in total. The lowest BCUT2D eigenvalue weighted by atomic mass is 9.76. The number of ether oxygens (including phenoxy) is 1. The van der Waals surface area contributed by atoms with Crippen LogP contribution < -0.4 is 5.43 Å². The minimum atomic E-state index is 0.639. The highest BCUT2D eigenvalue weighted by atomic mass is 79.9. The molecule has 1 aliphatic carbocycles. The lowest BCUT2D eigenvalue weighted by Gasteiger charge is -2.41. The Morgan fingerprint density at radius 1 is 1.17 bits per heavy atom. The third kappa shape index (κ3) is 2.77. The fourth-order valence-electron chi connectivity index (χ4n) is 2.73. The van der Waals surface area contributed by atoms with Crippen LogP contribution in [0.5, 0.6) is 0 Å². The van der Waals surface area contributed by atoms with Gasteiger partial charge in [-0.1, -0.05) is 34.1 Å². The Morgan fingerprint density at radius 2 is 1.89 bits per heavy atom. The summed E-state index contributed by atoms with van der Waals surface area (Å²) in [6, 6.07) is 9.22. The van der Waals surface area contributed by atoms with Crippen molar-refractivity contribution in [3.63, 3.8) is 0 Å². The van der Waals surface area contributed by atoms with E-state index in [0.717, 1.165) is 26.3 Å². The zero-order valence-electron chi connectivity index (χ0n) is 10.4. The summed E-state index contributed by atoms with van der Waals surface area (Å²) in [6.07, 6.45) is 2.47. The summed E-state index contributed by atoms with van der Waals surface area (Å²) in [5.74, 6) is 0.708. The van der Waals surface area contributed by atoms with Gasteiger partial charge >= 0.3 is 0 Å². The van der Waals surface area contributed by atoms with Crippen LogP contribution in [-0.2, 0) is 4.74 Å². The predicted molar refractivity (Wildman–Crippen MR) is 75.4 cm³/mol. The fourth-order valence-corrected chi connectivity index (χ4v) is 3.34. The van der Waals surface area contributed by atoms with Crippen molar-refractivity contribution in [3.8, 4) is 0 Å². The highest BCUT2D eigenvalue weighted by Crippen LogP contribution is 2.40. The maximum absolute atomic E-state index is 5.35. The molecule has 2 aliphatic rings. The topological polar surface area (TPSA) is 24.5 Å². The number of rotatable bonds is 3. The summed E-state index contributed by atoms with van der Waals surface area (Å²) < 4.78 is 6.60. The van der Waals surface area contributed by atoms with Gasteiger partial charge in [0.15, 0.2) is 0 Å². The molecule has 3 nitrogen and oxygen atoms in total. The van der Waals surface area contributed by atoms with Gasteiger partial charge in [0.25, 0.3) is 0 Å².